The molecule has 2 heterocycles. The van der Waals surface area contributed by atoms with Crippen molar-refractivity contribution in [3.05, 3.63) is 56.8 Å². The van der Waals surface area contributed by atoms with Crippen LogP contribution in [0.1, 0.15) is 41.4 Å². The number of hydrogen-bond donors (Lipinski definition) is 2. The molecule has 2 aromatic heterocycles. The summed E-state index contributed by atoms with van der Waals surface area (Å²) < 4.78 is 41.6. The van der Waals surface area contributed by atoms with Crippen LogP contribution in [-0.2, 0) is 12.0 Å². The predicted octanol–water partition coefficient (Wildman–Crippen LogP) is 4.48. The fourth-order valence-corrected chi connectivity index (χ4v) is 3.12. The first-order valence-electron chi connectivity index (χ1n) is 8.67. The van der Waals surface area contributed by atoms with Gasteiger partial charge in [-0.15, -0.1) is 0 Å². The molecule has 0 unspecified atom stereocenters. The normalized spacial score (nSPS) is 12.3. The molecule has 1 amide bonds. The number of hydrogen-bond acceptors (Lipinski definition) is 4. The molecule has 1 aromatic carbocycles. The molecule has 2 N–H and O–H groups in total. The molecule has 0 saturated carbocycles. The van der Waals surface area contributed by atoms with Gasteiger partial charge in [-0.3, -0.25) is 9.89 Å². The Morgan fingerprint density at radius 3 is 2.70 bits per heavy atom. The molecule has 0 fully saturated rings. The Balaban J connectivity index is 1.70. The highest BCUT2D eigenvalue weighted by Crippen LogP contribution is 2.38. The third kappa shape index (κ3) is 4.36. The number of alkyl halides is 3. The van der Waals surface area contributed by atoms with Gasteiger partial charge in [-0.05, 0) is 54.4 Å². The van der Waals surface area contributed by atoms with Crippen molar-refractivity contribution in [2.75, 3.05) is 0 Å². The molecule has 0 saturated heterocycles. The van der Waals surface area contributed by atoms with Gasteiger partial charge in [0.2, 0.25) is 0 Å². The Hall–Kier alpha value is -2.40. The third-order valence-corrected chi connectivity index (χ3v) is 5.74. The van der Waals surface area contributed by atoms with Crippen molar-refractivity contribution in [2.24, 2.45) is 0 Å². The zero-order valence-electron chi connectivity index (χ0n) is 16.1. The minimum absolute atomic E-state index is 0.110. The molecule has 3 rings (SSSR count). The van der Waals surface area contributed by atoms with Crippen LogP contribution in [0.5, 0.6) is 0 Å². The topological polar surface area (TPSA) is 88.5 Å². The second kappa shape index (κ2) is 8.03. The van der Waals surface area contributed by atoms with Gasteiger partial charge in [-0.25, -0.2) is 9.67 Å². The van der Waals surface area contributed by atoms with Gasteiger partial charge in [-0.1, -0.05) is 11.6 Å². The molecule has 0 aliphatic rings. The van der Waals surface area contributed by atoms with Crippen molar-refractivity contribution in [3.8, 4) is 5.69 Å². The largest absolute Gasteiger partial charge is 0.401 e. The molecular weight excluding hydrogens is 489 g/mol. The van der Waals surface area contributed by atoms with Crippen molar-refractivity contribution < 1.29 is 18.0 Å². The summed E-state index contributed by atoms with van der Waals surface area (Å²) in [6, 6.07) is 3.55. The number of benzene rings is 1. The highest BCUT2D eigenvalue weighted by atomic mass is 79.9. The molecule has 0 aliphatic heterocycles. The summed E-state index contributed by atoms with van der Waals surface area (Å²) >= 11 is 9.48. The molecule has 7 nitrogen and oxygen atoms in total. The SMILES string of the molecule is Cc1cc(Br)c(Cl)cc1-n1cc(C(=O)NCc2nc(C(C)(C)C(F)(F)F)n[nH]2)cn1. The maximum atomic E-state index is 13.1. The Labute approximate surface area is 183 Å². The Kier molecular flexibility index (Phi) is 5.96. The average Bonchev–Trinajstić information content (AvgIpc) is 3.31. The summed E-state index contributed by atoms with van der Waals surface area (Å²) in [6.07, 6.45) is -1.60. The van der Waals surface area contributed by atoms with Crippen LogP contribution in [0.15, 0.2) is 29.0 Å². The Morgan fingerprint density at radius 1 is 1.33 bits per heavy atom. The summed E-state index contributed by atoms with van der Waals surface area (Å²) in [4.78, 5) is 16.2. The van der Waals surface area contributed by atoms with E-state index >= 15 is 0 Å². The molecule has 0 radical (unpaired) electrons. The number of halogens is 5. The lowest BCUT2D eigenvalue weighted by Crippen LogP contribution is -2.37. The van der Waals surface area contributed by atoms with Crippen LogP contribution >= 0.6 is 27.5 Å². The minimum atomic E-state index is -4.50. The predicted molar refractivity (Wildman–Crippen MR) is 108 cm³/mol. The molecule has 0 spiro atoms. The number of H-pyrrole nitrogens is 1. The highest BCUT2D eigenvalue weighted by molar-refractivity contribution is 9.10. The fraction of sp³-hybridized carbons (Fsp3) is 0.333. The number of nitrogens with one attached hydrogen (secondary N) is 2. The van der Waals surface area contributed by atoms with Crippen molar-refractivity contribution in [3.63, 3.8) is 0 Å². The molecule has 0 bridgehead atoms. The Bertz CT molecular complexity index is 1090. The van der Waals surface area contributed by atoms with Gasteiger partial charge < -0.3 is 5.32 Å². The van der Waals surface area contributed by atoms with Gasteiger partial charge in [0, 0.05) is 10.7 Å². The zero-order valence-corrected chi connectivity index (χ0v) is 18.4. The van der Waals surface area contributed by atoms with Crippen LogP contribution < -0.4 is 5.32 Å². The van der Waals surface area contributed by atoms with E-state index in [9.17, 15) is 18.0 Å². The summed E-state index contributed by atoms with van der Waals surface area (Å²) in [5, 5.41) is 13.3. The molecule has 30 heavy (non-hydrogen) atoms. The van der Waals surface area contributed by atoms with E-state index in [1.54, 1.807) is 6.07 Å². The molecule has 0 atom stereocenters. The van der Waals surface area contributed by atoms with Gasteiger partial charge >= 0.3 is 6.18 Å². The highest BCUT2D eigenvalue weighted by Gasteiger charge is 2.51. The molecule has 3 aromatic rings. The fourth-order valence-electron chi connectivity index (χ4n) is 2.50. The van der Waals surface area contributed by atoms with Gasteiger partial charge in [-0.2, -0.15) is 23.4 Å². The van der Waals surface area contributed by atoms with E-state index in [0.717, 1.165) is 23.9 Å². The monoisotopic (exact) mass is 504 g/mol. The third-order valence-electron chi connectivity index (χ3n) is 4.55. The van der Waals surface area contributed by atoms with E-state index in [2.05, 4.69) is 41.5 Å². The van der Waals surface area contributed by atoms with E-state index in [4.69, 9.17) is 11.6 Å². The summed E-state index contributed by atoms with van der Waals surface area (Å²) in [7, 11) is 0. The quantitative estimate of drug-likeness (QED) is 0.535. The smallest absolute Gasteiger partial charge is 0.345 e. The van der Waals surface area contributed by atoms with Crippen molar-refractivity contribution in [1.29, 1.82) is 0 Å². The molecule has 160 valence electrons. The first-order chi connectivity index (χ1) is 13.9. The molecular formula is C18H17BrClF3N6O. The number of nitrogens with zero attached hydrogens (tertiary/aromatic N) is 4. The first kappa shape index (κ1) is 22.3. The van der Waals surface area contributed by atoms with E-state index in [1.807, 2.05) is 13.0 Å². The van der Waals surface area contributed by atoms with Gasteiger partial charge in [0.1, 0.15) is 11.2 Å². The van der Waals surface area contributed by atoms with Crippen molar-refractivity contribution in [1.82, 2.24) is 30.3 Å². The van der Waals surface area contributed by atoms with Gasteiger partial charge in [0.05, 0.1) is 29.0 Å². The number of carbonyl (C=O) groups excluding carboxylic acids is 1. The van der Waals surface area contributed by atoms with Crippen LogP contribution in [0.2, 0.25) is 5.02 Å². The first-order valence-corrected chi connectivity index (χ1v) is 9.84. The van der Waals surface area contributed by atoms with E-state index < -0.39 is 23.3 Å². The van der Waals surface area contributed by atoms with Crippen molar-refractivity contribution >= 4 is 33.4 Å². The number of rotatable bonds is 5. The number of aromatic nitrogens is 5. The zero-order chi connectivity index (χ0) is 22.3. The molecule has 12 heteroatoms. The van der Waals surface area contributed by atoms with Crippen LogP contribution in [0.3, 0.4) is 0 Å². The number of aromatic amines is 1. The maximum Gasteiger partial charge on any atom is 0.401 e. The van der Waals surface area contributed by atoms with Gasteiger partial charge in [0.25, 0.3) is 5.91 Å². The average molecular weight is 506 g/mol. The number of amides is 1. The van der Waals surface area contributed by atoms with Gasteiger partial charge in [0.15, 0.2) is 5.82 Å². The lowest BCUT2D eigenvalue weighted by atomic mass is 9.92. The van der Waals surface area contributed by atoms with E-state index in [0.29, 0.717) is 10.7 Å². The second-order valence-corrected chi connectivity index (χ2v) is 8.40. The maximum absolute atomic E-state index is 13.1. The van der Waals surface area contributed by atoms with Crippen LogP contribution in [0.25, 0.3) is 5.69 Å². The van der Waals surface area contributed by atoms with E-state index in [1.165, 1.54) is 17.1 Å². The van der Waals surface area contributed by atoms with Crippen LogP contribution in [-0.4, -0.2) is 37.0 Å². The van der Waals surface area contributed by atoms with Crippen LogP contribution in [0.4, 0.5) is 13.2 Å². The van der Waals surface area contributed by atoms with Crippen LogP contribution in [0, 0.1) is 6.92 Å². The van der Waals surface area contributed by atoms with E-state index in [-0.39, 0.29) is 17.9 Å². The number of carbonyl (C=O) groups is 1. The lowest BCUT2D eigenvalue weighted by Gasteiger charge is -2.24. The summed E-state index contributed by atoms with van der Waals surface area (Å²) in [5.41, 5.74) is -0.348. The minimum Gasteiger partial charge on any atom is -0.345 e. The standard InChI is InChI=1S/C18H17BrClF3N6O/c1-9-4-11(19)12(20)5-13(9)29-8-10(6-25-29)15(30)24-7-14-26-16(28-27-14)17(2,3)18(21,22)23/h4-6,8H,7H2,1-3H3,(H,24,30)(H,26,27,28). The van der Waals surface area contributed by atoms with Crippen molar-refractivity contribution in [2.45, 2.75) is 38.9 Å². The second-order valence-electron chi connectivity index (χ2n) is 7.14. The Morgan fingerprint density at radius 2 is 2.03 bits per heavy atom. The summed E-state index contributed by atoms with van der Waals surface area (Å²) in [6.45, 7) is 3.74. The number of aryl methyl sites for hydroxylation is 1. The summed E-state index contributed by atoms with van der Waals surface area (Å²) in [5.74, 6) is -0.747. The lowest BCUT2D eigenvalue weighted by molar-refractivity contribution is -0.182. The molecule has 0 aliphatic carbocycles.